The summed E-state index contributed by atoms with van der Waals surface area (Å²) in [6.07, 6.45) is 0. The van der Waals surface area contributed by atoms with E-state index >= 15 is 0 Å². The Hall–Kier alpha value is -2.67. The molecule has 3 rings (SSSR count). The fraction of sp³-hybridized carbons (Fsp3) is 0.176. The van der Waals surface area contributed by atoms with Gasteiger partial charge in [0.1, 0.15) is 5.92 Å². The first-order chi connectivity index (χ1) is 11.5. The number of carbonyl (C=O) groups is 1. The molecule has 1 aliphatic rings. The normalized spacial score (nSPS) is 18.8. The molecule has 0 saturated carbocycles. The lowest BCUT2D eigenvalue weighted by atomic mass is 9.87. The number of sulfone groups is 1. The number of nitrogens with two attached hydrogens (primary N) is 1. The Kier molecular flexibility index (Phi) is 4.35. The molecule has 7 heteroatoms. The van der Waals surface area contributed by atoms with Gasteiger partial charge in [0.15, 0.2) is 15.7 Å². The van der Waals surface area contributed by atoms with Crippen molar-refractivity contribution in [2.45, 2.75) is 10.8 Å². The van der Waals surface area contributed by atoms with Crippen LogP contribution in [0.4, 0.5) is 0 Å². The molecule has 0 aromatic heterocycles. The lowest BCUT2D eigenvalue weighted by Gasteiger charge is -2.21. The van der Waals surface area contributed by atoms with Crippen LogP contribution in [0.3, 0.4) is 0 Å². The summed E-state index contributed by atoms with van der Waals surface area (Å²) >= 11 is 0. The van der Waals surface area contributed by atoms with Gasteiger partial charge in [-0.15, -0.1) is 0 Å². The topological polar surface area (TPSA) is 98.8 Å². The highest BCUT2D eigenvalue weighted by Crippen LogP contribution is 2.32. The summed E-state index contributed by atoms with van der Waals surface area (Å²) in [6, 6.07) is 17.0. The van der Waals surface area contributed by atoms with Gasteiger partial charge in [-0.05, 0) is 17.7 Å². The average Bonchev–Trinajstić information content (AvgIpc) is 2.93. The lowest BCUT2D eigenvalue weighted by Crippen LogP contribution is -2.34. The van der Waals surface area contributed by atoms with E-state index in [0.717, 1.165) is 0 Å². The van der Waals surface area contributed by atoms with Gasteiger partial charge in [0.25, 0.3) is 0 Å². The van der Waals surface area contributed by atoms with Crippen LogP contribution >= 0.6 is 0 Å². The van der Waals surface area contributed by atoms with Crippen LogP contribution in [0.15, 0.2) is 70.7 Å². The Bertz CT molecular complexity index is 864. The number of rotatable bonds is 5. The number of oxime groups is 1. The van der Waals surface area contributed by atoms with E-state index < -0.39 is 27.6 Å². The van der Waals surface area contributed by atoms with Crippen molar-refractivity contribution in [3.8, 4) is 0 Å². The monoisotopic (exact) mass is 344 g/mol. The summed E-state index contributed by atoms with van der Waals surface area (Å²) in [5.41, 5.74) is 6.47. The third kappa shape index (κ3) is 3.16. The molecule has 2 unspecified atom stereocenters. The lowest BCUT2D eigenvalue weighted by molar-refractivity contribution is -0.143. The summed E-state index contributed by atoms with van der Waals surface area (Å²) in [5.74, 6) is -2.49. The Morgan fingerprint density at radius 1 is 1.04 bits per heavy atom. The minimum Gasteiger partial charge on any atom is -0.384 e. The second kappa shape index (κ2) is 6.45. The van der Waals surface area contributed by atoms with Gasteiger partial charge in [0, 0.05) is 5.92 Å². The van der Waals surface area contributed by atoms with Crippen LogP contribution < -0.4 is 5.73 Å². The maximum absolute atomic E-state index is 12.8. The van der Waals surface area contributed by atoms with E-state index in [0.29, 0.717) is 5.56 Å². The first kappa shape index (κ1) is 16.2. The van der Waals surface area contributed by atoms with Crippen LogP contribution in [0.25, 0.3) is 0 Å². The number of amidine groups is 1. The number of benzene rings is 2. The van der Waals surface area contributed by atoms with Gasteiger partial charge < -0.3 is 10.6 Å². The fourth-order valence-corrected chi connectivity index (χ4v) is 4.37. The Morgan fingerprint density at radius 3 is 2.17 bits per heavy atom. The molecule has 0 aliphatic carbocycles. The average molecular weight is 344 g/mol. The van der Waals surface area contributed by atoms with Gasteiger partial charge in [-0.2, -0.15) is 0 Å². The number of carbonyl (C=O) groups excluding carboxylic acids is 1. The molecule has 0 bridgehead atoms. The van der Waals surface area contributed by atoms with Crippen molar-refractivity contribution in [3.63, 3.8) is 0 Å². The van der Waals surface area contributed by atoms with Crippen molar-refractivity contribution < 1.29 is 18.0 Å². The molecular formula is C17H16N2O4S. The third-order valence-corrected chi connectivity index (χ3v) is 5.73. The van der Waals surface area contributed by atoms with Gasteiger partial charge in [-0.25, -0.2) is 13.2 Å². The zero-order valence-electron chi connectivity index (χ0n) is 12.7. The number of hydrogen-bond acceptors (Lipinski definition) is 6. The maximum atomic E-state index is 12.8. The largest absolute Gasteiger partial charge is 0.384 e. The molecule has 24 heavy (non-hydrogen) atoms. The summed E-state index contributed by atoms with van der Waals surface area (Å²) in [6.45, 7) is 0. The second-order valence-corrected chi connectivity index (χ2v) is 7.55. The number of hydrogen-bond donors (Lipinski definition) is 1. The Balaban J connectivity index is 2.00. The Morgan fingerprint density at radius 2 is 1.62 bits per heavy atom. The molecule has 0 saturated heterocycles. The molecule has 6 nitrogen and oxygen atoms in total. The van der Waals surface area contributed by atoms with Gasteiger partial charge in [0.2, 0.25) is 0 Å². The maximum Gasteiger partial charge on any atom is 0.346 e. The molecule has 2 aromatic rings. The van der Waals surface area contributed by atoms with Crippen molar-refractivity contribution in [3.05, 3.63) is 66.2 Å². The zero-order chi connectivity index (χ0) is 17.2. The summed E-state index contributed by atoms with van der Waals surface area (Å²) in [4.78, 5) is 16.8. The third-order valence-electron chi connectivity index (χ3n) is 3.94. The minimum absolute atomic E-state index is 0.00267. The van der Waals surface area contributed by atoms with Gasteiger partial charge in [-0.1, -0.05) is 53.7 Å². The van der Waals surface area contributed by atoms with Gasteiger partial charge >= 0.3 is 5.97 Å². The van der Waals surface area contributed by atoms with Crippen LogP contribution in [0.2, 0.25) is 0 Å². The van der Waals surface area contributed by atoms with Crippen LogP contribution in [0, 0.1) is 5.92 Å². The molecule has 0 amide bonds. The van der Waals surface area contributed by atoms with Crippen LogP contribution in [0.5, 0.6) is 0 Å². The van der Waals surface area contributed by atoms with E-state index in [4.69, 9.17) is 5.73 Å². The molecule has 2 aromatic carbocycles. The van der Waals surface area contributed by atoms with Crippen molar-refractivity contribution in [2.75, 3.05) is 5.75 Å². The van der Waals surface area contributed by atoms with E-state index in [2.05, 4.69) is 9.99 Å². The molecule has 0 spiro atoms. The standard InChI is InChI=1S/C17H16N2O4S/c18-16-15(17(20)23-19-16)14(12-7-3-1-4-8-12)11-24(21,22)13-9-5-2-6-10-13/h1-10,14-15H,11H2,(H2,18,19). The van der Waals surface area contributed by atoms with Crippen LogP contribution in [-0.2, 0) is 19.5 Å². The van der Waals surface area contributed by atoms with Gasteiger partial charge in [0.05, 0.1) is 10.6 Å². The molecule has 1 aliphatic heterocycles. The quantitative estimate of drug-likeness (QED) is 0.832. The first-order valence-electron chi connectivity index (χ1n) is 7.36. The van der Waals surface area contributed by atoms with Crippen LogP contribution in [0.1, 0.15) is 11.5 Å². The predicted molar refractivity (Wildman–Crippen MR) is 88.9 cm³/mol. The number of nitrogens with zero attached hydrogens (tertiary/aromatic N) is 1. The summed E-state index contributed by atoms with van der Waals surface area (Å²) < 4.78 is 25.5. The molecule has 2 N–H and O–H groups in total. The SMILES string of the molecule is NC1=NOC(=O)C1C(CS(=O)(=O)c1ccccc1)c1ccccc1. The molecule has 0 radical (unpaired) electrons. The molecule has 124 valence electrons. The predicted octanol–water partition coefficient (Wildman–Crippen LogP) is 1.69. The van der Waals surface area contributed by atoms with Crippen molar-refractivity contribution in [1.29, 1.82) is 0 Å². The second-order valence-electron chi connectivity index (χ2n) is 5.52. The smallest absolute Gasteiger partial charge is 0.346 e. The highest BCUT2D eigenvalue weighted by atomic mass is 32.2. The molecular weight excluding hydrogens is 328 g/mol. The summed E-state index contributed by atoms with van der Waals surface area (Å²) in [5, 5.41) is 3.50. The van der Waals surface area contributed by atoms with E-state index in [1.807, 2.05) is 6.07 Å². The highest BCUT2D eigenvalue weighted by molar-refractivity contribution is 7.91. The Labute approximate surface area is 139 Å². The van der Waals surface area contributed by atoms with Crippen molar-refractivity contribution in [1.82, 2.24) is 0 Å². The van der Waals surface area contributed by atoms with Gasteiger partial charge in [-0.3, -0.25) is 0 Å². The fourth-order valence-electron chi connectivity index (χ4n) is 2.75. The first-order valence-corrected chi connectivity index (χ1v) is 9.01. The van der Waals surface area contributed by atoms with E-state index in [1.165, 1.54) is 12.1 Å². The van der Waals surface area contributed by atoms with Crippen molar-refractivity contribution in [2.24, 2.45) is 16.8 Å². The molecule has 2 atom stereocenters. The minimum atomic E-state index is -3.61. The van der Waals surface area contributed by atoms with E-state index in [9.17, 15) is 13.2 Å². The van der Waals surface area contributed by atoms with E-state index in [1.54, 1.807) is 42.5 Å². The van der Waals surface area contributed by atoms with E-state index in [-0.39, 0.29) is 16.5 Å². The highest BCUT2D eigenvalue weighted by Gasteiger charge is 2.41. The van der Waals surface area contributed by atoms with Crippen LogP contribution in [-0.4, -0.2) is 26.0 Å². The molecule has 1 heterocycles. The summed E-state index contributed by atoms with van der Waals surface area (Å²) in [7, 11) is -3.61. The molecule has 0 fully saturated rings. The van der Waals surface area contributed by atoms with Crippen molar-refractivity contribution >= 4 is 21.6 Å². The zero-order valence-corrected chi connectivity index (χ0v) is 13.5.